The van der Waals surface area contributed by atoms with Crippen LogP contribution < -0.4 is 5.32 Å². The molecule has 114 valence electrons. The first-order valence-corrected chi connectivity index (χ1v) is 7.61. The predicted octanol–water partition coefficient (Wildman–Crippen LogP) is 4.46. The normalized spacial score (nSPS) is 17.1. The highest BCUT2D eigenvalue weighted by Crippen LogP contribution is 2.35. The summed E-state index contributed by atoms with van der Waals surface area (Å²) in [6.07, 6.45) is 0.265. The van der Waals surface area contributed by atoms with Gasteiger partial charge in [-0.2, -0.15) is 0 Å². The van der Waals surface area contributed by atoms with Crippen LogP contribution in [0.25, 0.3) is 0 Å². The fourth-order valence-corrected chi connectivity index (χ4v) is 2.91. The third-order valence-electron chi connectivity index (χ3n) is 3.74. The molecule has 1 N–H and O–H groups in total. The molecule has 1 aliphatic rings. The van der Waals surface area contributed by atoms with Gasteiger partial charge >= 0.3 is 0 Å². The molecule has 1 amide bonds. The van der Waals surface area contributed by atoms with Crippen molar-refractivity contribution in [2.45, 2.75) is 19.5 Å². The average Bonchev–Trinajstić information content (AvgIpc) is 2.50. The van der Waals surface area contributed by atoms with Gasteiger partial charge in [-0.05, 0) is 30.7 Å². The first kappa shape index (κ1) is 14.9. The highest BCUT2D eigenvalue weighted by Gasteiger charge is 2.33. The van der Waals surface area contributed by atoms with Crippen molar-refractivity contribution < 1.29 is 9.18 Å². The Morgan fingerprint density at radius 3 is 2.77 bits per heavy atom. The Morgan fingerprint density at radius 1 is 1.27 bits per heavy atom. The van der Waals surface area contributed by atoms with Crippen molar-refractivity contribution in [1.29, 1.82) is 0 Å². The summed E-state index contributed by atoms with van der Waals surface area (Å²) >= 11 is 6.01. The number of hydrogen-bond acceptors (Lipinski definition) is 2. The molecule has 0 aromatic heterocycles. The molecule has 2 aromatic rings. The quantitative estimate of drug-likeness (QED) is 0.906. The smallest absolute Gasteiger partial charge is 0.257 e. The molecule has 1 heterocycles. The number of halogens is 2. The number of benzene rings is 2. The van der Waals surface area contributed by atoms with Crippen LogP contribution in [0.5, 0.6) is 0 Å². The SMILES string of the molecule is CCCN1C(=O)c2ccc(Cl)cc2NC1c1ccccc1F. The van der Waals surface area contributed by atoms with Crippen molar-refractivity contribution in [3.05, 3.63) is 64.4 Å². The van der Waals surface area contributed by atoms with Crippen molar-refractivity contribution in [3.63, 3.8) is 0 Å². The second kappa shape index (κ2) is 5.97. The summed E-state index contributed by atoms with van der Waals surface area (Å²) in [5, 5.41) is 3.78. The number of rotatable bonds is 3. The lowest BCUT2D eigenvalue weighted by atomic mass is 10.0. The molecule has 0 aliphatic carbocycles. The number of carbonyl (C=O) groups excluding carboxylic acids is 1. The van der Waals surface area contributed by atoms with E-state index in [1.54, 1.807) is 41.3 Å². The second-order valence-corrected chi connectivity index (χ2v) is 5.69. The van der Waals surface area contributed by atoms with Gasteiger partial charge < -0.3 is 10.2 Å². The van der Waals surface area contributed by atoms with Gasteiger partial charge in [0.25, 0.3) is 5.91 Å². The molecular formula is C17H16ClFN2O. The van der Waals surface area contributed by atoms with Crippen LogP contribution in [0.15, 0.2) is 42.5 Å². The van der Waals surface area contributed by atoms with Gasteiger partial charge in [0.1, 0.15) is 12.0 Å². The maximum absolute atomic E-state index is 14.2. The van der Waals surface area contributed by atoms with Crippen molar-refractivity contribution in [2.75, 3.05) is 11.9 Å². The van der Waals surface area contributed by atoms with E-state index in [-0.39, 0.29) is 11.7 Å². The first-order chi connectivity index (χ1) is 10.6. The Labute approximate surface area is 133 Å². The van der Waals surface area contributed by atoms with Crippen molar-refractivity contribution in [3.8, 4) is 0 Å². The highest BCUT2D eigenvalue weighted by molar-refractivity contribution is 6.31. The monoisotopic (exact) mass is 318 g/mol. The van der Waals surface area contributed by atoms with E-state index in [9.17, 15) is 9.18 Å². The number of amides is 1. The zero-order valence-electron chi connectivity index (χ0n) is 12.1. The van der Waals surface area contributed by atoms with Gasteiger partial charge in [0.15, 0.2) is 0 Å². The number of nitrogens with one attached hydrogen (secondary N) is 1. The molecule has 0 saturated heterocycles. The Morgan fingerprint density at radius 2 is 2.05 bits per heavy atom. The van der Waals surface area contributed by atoms with Crippen molar-refractivity contribution in [1.82, 2.24) is 4.90 Å². The standard InChI is InChI=1S/C17H16ClFN2O/c1-2-9-21-16(12-5-3-4-6-14(12)19)20-15-10-11(18)7-8-13(15)17(21)22/h3-8,10,16,20H,2,9H2,1H3. The maximum Gasteiger partial charge on any atom is 0.257 e. The number of nitrogens with zero attached hydrogens (tertiary/aromatic N) is 1. The van der Waals surface area contributed by atoms with E-state index in [0.717, 1.165) is 6.42 Å². The van der Waals surface area contributed by atoms with Crippen LogP contribution in [0.3, 0.4) is 0 Å². The molecule has 1 aliphatic heterocycles. The fourth-order valence-electron chi connectivity index (χ4n) is 2.73. The van der Waals surface area contributed by atoms with E-state index >= 15 is 0 Å². The van der Waals surface area contributed by atoms with E-state index in [1.165, 1.54) is 6.07 Å². The first-order valence-electron chi connectivity index (χ1n) is 7.23. The predicted molar refractivity (Wildman–Crippen MR) is 85.5 cm³/mol. The van der Waals surface area contributed by atoms with Crippen LogP contribution in [0.2, 0.25) is 5.02 Å². The summed E-state index contributed by atoms with van der Waals surface area (Å²) in [4.78, 5) is 14.4. The Balaban J connectivity index is 2.09. The van der Waals surface area contributed by atoms with Crippen molar-refractivity contribution in [2.24, 2.45) is 0 Å². The zero-order chi connectivity index (χ0) is 15.7. The number of carbonyl (C=O) groups is 1. The molecule has 0 saturated carbocycles. The fraction of sp³-hybridized carbons (Fsp3) is 0.235. The summed E-state index contributed by atoms with van der Waals surface area (Å²) in [5.74, 6) is -0.445. The minimum atomic E-state index is -0.528. The van der Waals surface area contributed by atoms with Gasteiger partial charge in [-0.1, -0.05) is 36.7 Å². The molecular weight excluding hydrogens is 303 g/mol. The summed E-state index contributed by atoms with van der Waals surface area (Å²) in [7, 11) is 0. The maximum atomic E-state index is 14.2. The largest absolute Gasteiger partial charge is 0.361 e. The van der Waals surface area contributed by atoms with Crippen LogP contribution in [0.1, 0.15) is 35.4 Å². The highest BCUT2D eigenvalue weighted by atomic mass is 35.5. The molecule has 0 bridgehead atoms. The molecule has 0 radical (unpaired) electrons. The minimum absolute atomic E-state index is 0.111. The van der Waals surface area contributed by atoms with Crippen LogP contribution in [0.4, 0.5) is 10.1 Å². The van der Waals surface area contributed by atoms with E-state index in [2.05, 4.69) is 5.32 Å². The van der Waals surface area contributed by atoms with Gasteiger partial charge in [-0.3, -0.25) is 4.79 Å². The van der Waals surface area contributed by atoms with Crippen LogP contribution >= 0.6 is 11.6 Å². The van der Waals surface area contributed by atoms with Crippen LogP contribution in [-0.2, 0) is 0 Å². The number of hydrogen-bond donors (Lipinski definition) is 1. The lowest BCUT2D eigenvalue weighted by Crippen LogP contribution is -2.43. The van der Waals surface area contributed by atoms with Gasteiger partial charge in [0.2, 0.25) is 0 Å². The Bertz CT molecular complexity index is 720. The van der Waals surface area contributed by atoms with Gasteiger partial charge in [-0.15, -0.1) is 0 Å². The van der Waals surface area contributed by atoms with E-state index in [0.29, 0.717) is 28.4 Å². The molecule has 3 nitrogen and oxygen atoms in total. The summed E-state index contributed by atoms with van der Waals surface area (Å²) in [6, 6.07) is 11.6. The summed E-state index contributed by atoms with van der Waals surface area (Å²) in [6.45, 7) is 2.54. The van der Waals surface area contributed by atoms with E-state index in [4.69, 9.17) is 11.6 Å². The van der Waals surface area contributed by atoms with Gasteiger partial charge in [0.05, 0.1) is 11.3 Å². The number of fused-ring (bicyclic) bond motifs is 1. The molecule has 2 aromatic carbocycles. The Kier molecular flexibility index (Phi) is 4.03. The third-order valence-corrected chi connectivity index (χ3v) is 3.98. The zero-order valence-corrected chi connectivity index (χ0v) is 12.9. The second-order valence-electron chi connectivity index (χ2n) is 5.26. The average molecular weight is 319 g/mol. The third kappa shape index (κ3) is 2.55. The van der Waals surface area contributed by atoms with E-state index < -0.39 is 6.17 Å². The molecule has 1 unspecified atom stereocenters. The molecule has 5 heteroatoms. The lowest BCUT2D eigenvalue weighted by molar-refractivity contribution is 0.0680. The minimum Gasteiger partial charge on any atom is -0.361 e. The topological polar surface area (TPSA) is 32.3 Å². The summed E-state index contributed by atoms with van der Waals surface area (Å²) in [5.41, 5.74) is 1.65. The van der Waals surface area contributed by atoms with Gasteiger partial charge in [0, 0.05) is 17.1 Å². The molecule has 3 rings (SSSR count). The molecule has 0 fully saturated rings. The van der Waals surface area contributed by atoms with Crippen LogP contribution in [0, 0.1) is 5.82 Å². The van der Waals surface area contributed by atoms with Gasteiger partial charge in [-0.25, -0.2) is 4.39 Å². The molecule has 1 atom stereocenters. The summed E-state index contributed by atoms with van der Waals surface area (Å²) < 4.78 is 14.2. The number of anilines is 1. The molecule has 0 spiro atoms. The van der Waals surface area contributed by atoms with Crippen molar-refractivity contribution >= 4 is 23.2 Å². The van der Waals surface area contributed by atoms with E-state index in [1.807, 2.05) is 6.92 Å². The Hall–Kier alpha value is -2.07. The molecule has 22 heavy (non-hydrogen) atoms. The lowest BCUT2D eigenvalue weighted by Gasteiger charge is -2.38. The van der Waals surface area contributed by atoms with Crippen LogP contribution in [-0.4, -0.2) is 17.4 Å².